The number of nitrogens with one attached hydrogen (secondary N) is 1. The van der Waals surface area contributed by atoms with Gasteiger partial charge in [-0.2, -0.15) is 0 Å². The van der Waals surface area contributed by atoms with Gasteiger partial charge in [0, 0.05) is 4.88 Å². The Bertz CT molecular complexity index is 944. The third kappa shape index (κ3) is 4.99. The molecule has 0 radical (unpaired) electrons. The zero-order chi connectivity index (χ0) is 19.9. The third-order valence-electron chi connectivity index (χ3n) is 3.98. The maximum absolute atomic E-state index is 12.5. The number of carbonyl (C=O) groups is 2. The molecule has 0 aliphatic rings. The molecule has 1 unspecified atom stereocenters. The standard InChI is InChI=1S/C21H18BrNO4S/c1-26-21(25)15-9-10-17(16(22)12-15)27-13-19(24)23-20(18-8-5-11-28-18)14-6-3-2-4-7-14/h2-12,20H,13H2,1H3,(H,23,24). The van der Waals surface area contributed by atoms with E-state index in [0.29, 0.717) is 15.8 Å². The first kappa shape index (κ1) is 20.1. The Morgan fingerprint density at radius 2 is 1.89 bits per heavy atom. The highest BCUT2D eigenvalue weighted by molar-refractivity contribution is 9.10. The van der Waals surface area contributed by atoms with Crippen molar-refractivity contribution in [1.82, 2.24) is 5.32 Å². The number of benzene rings is 2. The van der Waals surface area contributed by atoms with Crippen molar-refractivity contribution in [2.24, 2.45) is 0 Å². The van der Waals surface area contributed by atoms with Crippen molar-refractivity contribution >= 4 is 39.1 Å². The van der Waals surface area contributed by atoms with Gasteiger partial charge in [-0.25, -0.2) is 4.79 Å². The number of rotatable bonds is 7. The molecule has 0 aliphatic carbocycles. The number of methoxy groups -OCH3 is 1. The summed E-state index contributed by atoms with van der Waals surface area (Å²) in [5.74, 6) is -0.215. The zero-order valence-electron chi connectivity index (χ0n) is 15.1. The van der Waals surface area contributed by atoms with E-state index in [0.717, 1.165) is 10.4 Å². The molecule has 0 aliphatic heterocycles. The van der Waals surface area contributed by atoms with Crippen LogP contribution < -0.4 is 10.1 Å². The van der Waals surface area contributed by atoms with E-state index in [2.05, 4.69) is 26.0 Å². The predicted molar refractivity (Wildman–Crippen MR) is 112 cm³/mol. The van der Waals surface area contributed by atoms with Crippen LogP contribution in [0.5, 0.6) is 5.75 Å². The minimum absolute atomic E-state index is 0.148. The van der Waals surface area contributed by atoms with Gasteiger partial charge in [-0.3, -0.25) is 4.79 Å². The van der Waals surface area contributed by atoms with Gasteiger partial charge in [0.2, 0.25) is 0 Å². The quantitative estimate of drug-likeness (QED) is 0.525. The maximum Gasteiger partial charge on any atom is 0.337 e. The van der Waals surface area contributed by atoms with Crippen LogP contribution in [-0.2, 0) is 9.53 Å². The van der Waals surface area contributed by atoms with E-state index in [1.807, 2.05) is 47.8 Å². The van der Waals surface area contributed by atoms with Crippen molar-refractivity contribution in [1.29, 1.82) is 0 Å². The van der Waals surface area contributed by atoms with Crippen LogP contribution in [0, 0.1) is 0 Å². The first-order chi connectivity index (χ1) is 13.6. The number of halogens is 1. The van der Waals surface area contributed by atoms with E-state index in [1.165, 1.54) is 7.11 Å². The molecule has 2 aromatic carbocycles. The van der Waals surface area contributed by atoms with Crippen molar-refractivity contribution in [3.05, 3.63) is 86.5 Å². The number of ether oxygens (including phenoxy) is 2. The Morgan fingerprint density at radius 3 is 2.54 bits per heavy atom. The van der Waals surface area contributed by atoms with Gasteiger partial charge in [0.05, 0.1) is 23.2 Å². The predicted octanol–water partition coefficient (Wildman–Crippen LogP) is 4.58. The van der Waals surface area contributed by atoms with E-state index >= 15 is 0 Å². The van der Waals surface area contributed by atoms with Crippen LogP contribution in [0.15, 0.2) is 70.5 Å². The average Bonchev–Trinajstić information content (AvgIpc) is 3.25. The molecule has 0 bridgehead atoms. The lowest BCUT2D eigenvalue weighted by atomic mass is 10.1. The number of esters is 1. The molecule has 3 aromatic rings. The van der Waals surface area contributed by atoms with Gasteiger partial charge in [-0.05, 0) is 51.1 Å². The SMILES string of the molecule is COC(=O)c1ccc(OCC(=O)NC(c2ccccc2)c2cccs2)c(Br)c1. The fraction of sp³-hybridized carbons (Fsp3) is 0.143. The minimum Gasteiger partial charge on any atom is -0.483 e. The summed E-state index contributed by atoms with van der Waals surface area (Å²) in [4.78, 5) is 25.1. The van der Waals surface area contributed by atoms with Crippen molar-refractivity contribution in [3.8, 4) is 5.75 Å². The Morgan fingerprint density at radius 1 is 1.11 bits per heavy atom. The summed E-state index contributed by atoms with van der Waals surface area (Å²) in [6, 6.07) is 18.3. The van der Waals surface area contributed by atoms with Gasteiger partial charge in [-0.15, -0.1) is 11.3 Å². The summed E-state index contributed by atoms with van der Waals surface area (Å²) >= 11 is 4.94. The zero-order valence-corrected chi connectivity index (χ0v) is 17.5. The molecule has 0 fully saturated rings. The largest absolute Gasteiger partial charge is 0.483 e. The summed E-state index contributed by atoms with van der Waals surface area (Å²) in [6.45, 7) is -0.148. The molecule has 1 atom stereocenters. The molecule has 3 rings (SSSR count). The molecule has 1 aromatic heterocycles. The second kappa shape index (κ2) is 9.52. The van der Waals surface area contributed by atoms with E-state index in [-0.39, 0.29) is 18.6 Å². The molecule has 1 heterocycles. The van der Waals surface area contributed by atoms with Crippen molar-refractivity contribution in [2.75, 3.05) is 13.7 Å². The number of hydrogen-bond acceptors (Lipinski definition) is 5. The van der Waals surface area contributed by atoms with E-state index < -0.39 is 5.97 Å². The van der Waals surface area contributed by atoms with Crippen LogP contribution in [0.4, 0.5) is 0 Å². The van der Waals surface area contributed by atoms with E-state index in [9.17, 15) is 9.59 Å². The fourth-order valence-electron chi connectivity index (χ4n) is 2.63. The molecule has 1 amide bonds. The fourth-order valence-corrected chi connectivity index (χ4v) is 3.92. The van der Waals surface area contributed by atoms with Crippen molar-refractivity contribution < 1.29 is 19.1 Å². The Labute approximate surface area is 175 Å². The van der Waals surface area contributed by atoms with Crippen LogP contribution in [0.2, 0.25) is 0 Å². The van der Waals surface area contributed by atoms with Crippen LogP contribution in [0.3, 0.4) is 0 Å². The lowest BCUT2D eigenvalue weighted by Crippen LogP contribution is -2.32. The molecule has 0 saturated carbocycles. The molecular formula is C21H18BrNO4S. The van der Waals surface area contributed by atoms with Crippen LogP contribution in [-0.4, -0.2) is 25.6 Å². The van der Waals surface area contributed by atoms with Gasteiger partial charge in [0.1, 0.15) is 5.75 Å². The first-order valence-corrected chi connectivity index (χ1v) is 10.1. The number of amides is 1. The summed E-state index contributed by atoms with van der Waals surface area (Å²) in [7, 11) is 1.32. The number of hydrogen-bond donors (Lipinski definition) is 1. The number of carbonyl (C=O) groups excluding carboxylic acids is 2. The van der Waals surface area contributed by atoms with Gasteiger partial charge >= 0.3 is 5.97 Å². The Balaban J connectivity index is 1.66. The average molecular weight is 460 g/mol. The summed E-state index contributed by atoms with van der Waals surface area (Å²) in [6.07, 6.45) is 0. The summed E-state index contributed by atoms with van der Waals surface area (Å²) in [5, 5.41) is 5.00. The molecule has 0 saturated heterocycles. The second-order valence-electron chi connectivity index (χ2n) is 5.85. The molecule has 5 nitrogen and oxygen atoms in total. The highest BCUT2D eigenvalue weighted by atomic mass is 79.9. The first-order valence-electron chi connectivity index (χ1n) is 8.47. The Hall–Kier alpha value is -2.64. The van der Waals surface area contributed by atoms with Gasteiger partial charge in [0.15, 0.2) is 6.61 Å². The van der Waals surface area contributed by atoms with Crippen molar-refractivity contribution in [3.63, 3.8) is 0 Å². The topological polar surface area (TPSA) is 64.6 Å². The molecule has 1 N–H and O–H groups in total. The number of thiophene rings is 1. The Kier molecular flexibility index (Phi) is 6.84. The molecule has 7 heteroatoms. The van der Waals surface area contributed by atoms with Crippen LogP contribution >= 0.6 is 27.3 Å². The van der Waals surface area contributed by atoms with Gasteiger partial charge in [0.25, 0.3) is 5.91 Å². The lowest BCUT2D eigenvalue weighted by Gasteiger charge is -2.18. The molecule has 144 valence electrons. The highest BCUT2D eigenvalue weighted by Gasteiger charge is 2.18. The third-order valence-corrected chi connectivity index (χ3v) is 5.53. The normalized spacial score (nSPS) is 11.5. The molecule has 28 heavy (non-hydrogen) atoms. The highest BCUT2D eigenvalue weighted by Crippen LogP contribution is 2.27. The van der Waals surface area contributed by atoms with Crippen LogP contribution in [0.25, 0.3) is 0 Å². The molecule has 0 spiro atoms. The summed E-state index contributed by atoms with van der Waals surface area (Å²) in [5.41, 5.74) is 1.40. The van der Waals surface area contributed by atoms with Crippen molar-refractivity contribution in [2.45, 2.75) is 6.04 Å². The van der Waals surface area contributed by atoms with Gasteiger partial charge < -0.3 is 14.8 Å². The summed E-state index contributed by atoms with van der Waals surface area (Å²) < 4.78 is 10.9. The second-order valence-corrected chi connectivity index (χ2v) is 7.69. The van der Waals surface area contributed by atoms with Gasteiger partial charge in [-0.1, -0.05) is 36.4 Å². The maximum atomic E-state index is 12.5. The van der Waals surface area contributed by atoms with Crippen LogP contribution in [0.1, 0.15) is 26.8 Å². The monoisotopic (exact) mass is 459 g/mol. The lowest BCUT2D eigenvalue weighted by molar-refractivity contribution is -0.123. The molecular weight excluding hydrogens is 442 g/mol. The van der Waals surface area contributed by atoms with E-state index in [1.54, 1.807) is 29.5 Å². The minimum atomic E-state index is -0.438. The smallest absolute Gasteiger partial charge is 0.337 e. The van der Waals surface area contributed by atoms with E-state index in [4.69, 9.17) is 4.74 Å².